The number of ether oxygens (including phenoxy) is 1. The highest BCUT2D eigenvalue weighted by molar-refractivity contribution is 5.44. The van der Waals surface area contributed by atoms with Gasteiger partial charge in [-0.1, -0.05) is 0 Å². The number of hydrogen-bond donors (Lipinski definition) is 1. The second-order valence-electron chi connectivity index (χ2n) is 5.80. The normalized spacial score (nSPS) is 21.6. The molecule has 20 heavy (non-hydrogen) atoms. The maximum Gasteiger partial charge on any atom is 0.153 e. The van der Waals surface area contributed by atoms with E-state index < -0.39 is 0 Å². The average Bonchev–Trinajstić information content (AvgIpc) is 2.92. The minimum absolute atomic E-state index is 0.0433. The van der Waals surface area contributed by atoms with Crippen LogP contribution in [0.25, 0.3) is 5.82 Å². The van der Waals surface area contributed by atoms with E-state index in [1.54, 1.807) is 10.9 Å². The molecule has 1 atom stereocenters. The van der Waals surface area contributed by atoms with E-state index in [1.165, 1.54) is 0 Å². The topological polar surface area (TPSA) is 52.0 Å². The van der Waals surface area contributed by atoms with Gasteiger partial charge in [-0.25, -0.2) is 9.67 Å². The van der Waals surface area contributed by atoms with Gasteiger partial charge in [0.2, 0.25) is 0 Å². The van der Waals surface area contributed by atoms with Crippen LogP contribution in [0.15, 0.2) is 36.8 Å². The Balaban J connectivity index is 1.66. The van der Waals surface area contributed by atoms with Gasteiger partial charge in [0.1, 0.15) is 0 Å². The van der Waals surface area contributed by atoms with Gasteiger partial charge in [0.05, 0.1) is 17.5 Å². The van der Waals surface area contributed by atoms with Crippen molar-refractivity contribution in [1.29, 1.82) is 0 Å². The van der Waals surface area contributed by atoms with E-state index in [2.05, 4.69) is 29.2 Å². The van der Waals surface area contributed by atoms with Crippen LogP contribution in [0.4, 0.5) is 5.69 Å². The molecule has 1 aliphatic heterocycles. The lowest BCUT2D eigenvalue weighted by atomic mass is 9.94. The van der Waals surface area contributed by atoms with E-state index in [0.717, 1.165) is 31.0 Å². The van der Waals surface area contributed by atoms with Crippen molar-refractivity contribution in [2.75, 3.05) is 11.9 Å². The number of nitrogens with zero attached hydrogens (tertiary/aromatic N) is 3. The average molecular weight is 272 g/mol. The summed E-state index contributed by atoms with van der Waals surface area (Å²) in [6.45, 7) is 5.09. The van der Waals surface area contributed by atoms with Crippen LogP contribution in [0.2, 0.25) is 0 Å². The molecule has 106 valence electrons. The number of rotatable bonds is 3. The standard InChI is InChI=1S/C15H20N4O/c1-15(2)10-12(6-9-20-15)18-13-4-5-14(16-11-13)19-8-3-7-17-19/h3-5,7-8,11-12,18H,6,9-10H2,1-2H3. The largest absolute Gasteiger partial charge is 0.381 e. The predicted octanol–water partition coefficient (Wildman–Crippen LogP) is 2.64. The molecule has 0 aromatic carbocycles. The van der Waals surface area contributed by atoms with E-state index in [9.17, 15) is 0 Å². The number of anilines is 1. The molecule has 3 rings (SSSR count). The minimum atomic E-state index is -0.0433. The molecule has 2 aromatic heterocycles. The third-order valence-corrected chi connectivity index (χ3v) is 3.55. The lowest BCUT2D eigenvalue weighted by Crippen LogP contribution is -2.40. The molecule has 1 saturated heterocycles. The van der Waals surface area contributed by atoms with Crippen molar-refractivity contribution in [1.82, 2.24) is 14.8 Å². The summed E-state index contributed by atoms with van der Waals surface area (Å²) in [5.41, 5.74) is 1.00. The fourth-order valence-electron chi connectivity index (χ4n) is 2.60. The Hall–Kier alpha value is -1.88. The van der Waals surface area contributed by atoms with Gasteiger partial charge in [-0.15, -0.1) is 0 Å². The van der Waals surface area contributed by atoms with Crippen LogP contribution in [-0.4, -0.2) is 33.0 Å². The van der Waals surface area contributed by atoms with E-state index >= 15 is 0 Å². The number of nitrogens with one attached hydrogen (secondary N) is 1. The van der Waals surface area contributed by atoms with E-state index in [-0.39, 0.29) is 5.60 Å². The maximum absolute atomic E-state index is 5.73. The zero-order chi connectivity index (χ0) is 14.0. The van der Waals surface area contributed by atoms with Crippen molar-refractivity contribution in [3.63, 3.8) is 0 Å². The first-order chi connectivity index (χ1) is 9.62. The molecule has 1 unspecified atom stereocenters. The molecule has 1 fully saturated rings. The van der Waals surface area contributed by atoms with Crippen molar-refractivity contribution < 1.29 is 4.74 Å². The quantitative estimate of drug-likeness (QED) is 0.933. The molecule has 1 aliphatic rings. The lowest BCUT2D eigenvalue weighted by molar-refractivity contribution is -0.0553. The smallest absolute Gasteiger partial charge is 0.153 e. The van der Waals surface area contributed by atoms with Gasteiger partial charge >= 0.3 is 0 Å². The van der Waals surface area contributed by atoms with Crippen LogP contribution in [0.1, 0.15) is 26.7 Å². The molecule has 0 aliphatic carbocycles. The zero-order valence-electron chi connectivity index (χ0n) is 11.9. The molecule has 3 heterocycles. The van der Waals surface area contributed by atoms with Gasteiger partial charge in [0.25, 0.3) is 0 Å². The summed E-state index contributed by atoms with van der Waals surface area (Å²) in [6, 6.07) is 6.35. The summed E-state index contributed by atoms with van der Waals surface area (Å²) in [5.74, 6) is 0.827. The third kappa shape index (κ3) is 2.99. The SMILES string of the molecule is CC1(C)CC(Nc2ccc(-n3cccn3)nc2)CCO1. The van der Waals surface area contributed by atoms with Crippen LogP contribution in [0.3, 0.4) is 0 Å². The first-order valence-corrected chi connectivity index (χ1v) is 6.99. The third-order valence-electron chi connectivity index (χ3n) is 3.55. The lowest BCUT2D eigenvalue weighted by Gasteiger charge is -2.36. The summed E-state index contributed by atoms with van der Waals surface area (Å²) in [6.07, 6.45) is 7.53. The molecule has 0 amide bonds. The Morgan fingerprint density at radius 1 is 1.40 bits per heavy atom. The summed E-state index contributed by atoms with van der Waals surface area (Å²) in [7, 11) is 0. The van der Waals surface area contributed by atoms with Crippen molar-refractivity contribution in [2.24, 2.45) is 0 Å². The fraction of sp³-hybridized carbons (Fsp3) is 0.467. The summed E-state index contributed by atoms with van der Waals surface area (Å²) < 4.78 is 7.49. The number of aromatic nitrogens is 3. The fourth-order valence-corrected chi connectivity index (χ4v) is 2.60. The van der Waals surface area contributed by atoms with Gasteiger partial charge in [0.15, 0.2) is 5.82 Å². The molecule has 0 radical (unpaired) electrons. The Bertz CT molecular complexity index is 548. The van der Waals surface area contributed by atoms with Gasteiger partial charge in [-0.3, -0.25) is 0 Å². The second-order valence-corrected chi connectivity index (χ2v) is 5.80. The first-order valence-electron chi connectivity index (χ1n) is 6.99. The van der Waals surface area contributed by atoms with E-state index in [0.29, 0.717) is 6.04 Å². The van der Waals surface area contributed by atoms with Crippen LogP contribution in [-0.2, 0) is 4.74 Å². The molecule has 1 N–H and O–H groups in total. The van der Waals surface area contributed by atoms with Crippen molar-refractivity contribution in [3.8, 4) is 5.82 Å². The molecule has 5 nitrogen and oxygen atoms in total. The number of pyridine rings is 1. The van der Waals surface area contributed by atoms with E-state index in [1.807, 2.05) is 30.6 Å². The minimum Gasteiger partial charge on any atom is -0.381 e. The summed E-state index contributed by atoms with van der Waals surface area (Å²) >= 11 is 0. The van der Waals surface area contributed by atoms with Gasteiger partial charge < -0.3 is 10.1 Å². The first kappa shape index (κ1) is 13.1. The van der Waals surface area contributed by atoms with Crippen LogP contribution < -0.4 is 5.32 Å². The Morgan fingerprint density at radius 3 is 2.95 bits per heavy atom. The predicted molar refractivity (Wildman–Crippen MR) is 78.0 cm³/mol. The highest BCUT2D eigenvalue weighted by atomic mass is 16.5. The second kappa shape index (κ2) is 5.25. The van der Waals surface area contributed by atoms with Crippen molar-refractivity contribution >= 4 is 5.69 Å². The molecule has 2 aromatic rings. The summed E-state index contributed by atoms with van der Waals surface area (Å²) in [5, 5.41) is 7.70. The summed E-state index contributed by atoms with van der Waals surface area (Å²) in [4.78, 5) is 4.43. The molecular weight excluding hydrogens is 252 g/mol. The monoisotopic (exact) mass is 272 g/mol. The molecular formula is C15H20N4O. The molecule has 0 bridgehead atoms. The Labute approximate surface area is 119 Å². The highest BCUT2D eigenvalue weighted by Crippen LogP contribution is 2.26. The van der Waals surface area contributed by atoms with Crippen molar-refractivity contribution in [2.45, 2.75) is 38.3 Å². The van der Waals surface area contributed by atoms with Crippen LogP contribution in [0, 0.1) is 0 Å². The van der Waals surface area contributed by atoms with E-state index in [4.69, 9.17) is 4.74 Å². The number of hydrogen-bond acceptors (Lipinski definition) is 4. The maximum atomic E-state index is 5.73. The zero-order valence-corrected chi connectivity index (χ0v) is 11.9. The molecule has 0 spiro atoms. The van der Waals surface area contributed by atoms with Gasteiger partial charge in [0, 0.05) is 25.0 Å². The Kier molecular flexibility index (Phi) is 3.44. The van der Waals surface area contributed by atoms with Crippen LogP contribution >= 0.6 is 0 Å². The van der Waals surface area contributed by atoms with Gasteiger partial charge in [-0.05, 0) is 44.9 Å². The van der Waals surface area contributed by atoms with Crippen molar-refractivity contribution in [3.05, 3.63) is 36.8 Å². The van der Waals surface area contributed by atoms with Gasteiger partial charge in [-0.2, -0.15) is 5.10 Å². The molecule has 5 heteroatoms. The highest BCUT2D eigenvalue weighted by Gasteiger charge is 2.28. The Morgan fingerprint density at radius 2 is 2.30 bits per heavy atom. The molecule has 0 saturated carbocycles. The van der Waals surface area contributed by atoms with Crippen LogP contribution in [0.5, 0.6) is 0 Å².